The topological polar surface area (TPSA) is 32.3 Å². The number of aliphatic hydroxyl groups is 1. The predicted octanol–water partition coefficient (Wildman–Crippen LogP) is 2.71. The third-order valence-corrected chi connectivity index (χ3v) is 4.82. The Morgan fingerprint density at radius 2 is 2.06 bits per heavy atom. The zero-order chi connectivity index (χ0) is 11.6. The van der Waals surface area contributed by atoms with Gasteiger partial charge in [0.15, 0.2) is 0 Å². The van der Waals surface area contributed by atoms with Gasteiger partial charge in [-0.1, -0.05) is 33.1 Å². The van der Waals surface area contributed by atoms with Crippen molar-refractivity contribution in [3.05, 3.63) is 0 Å². The van der Waals surface area contributed by atoms with Crippen LogP contribution in [0.25, 0.3) is 0 Å². The van der Waals surface area contributed by atoms with Gasteiger partial charge in [-0.15, -0.1) is 0 Å². The molecule has 0 aromatic rings. The van der Waals surface area contributed by atoms with E-state index in [1.54, 1.807) is 0 Å². The lowest BCUT2D eigenvalue weighted by Crippen LogP contribution is -2.47. The molecule has 4 unspecified atom stereocenters. The van der Waals surface area contributed by atoms with Gasteiger partial charge in [0.2, 0.25) is 0 Å². The second kappa shape index (κ2) is 5.05. The van der Waals surface area contributed by atoms with Crippen molar-refractivity contribution in [2.75, 3.05) is 6.61 Å². The molecule has 2 aliphatic carbocycles. The maximum atomic E-state index is 9.54. The summed E-state index contributed by atoms with van der Waals surface area (Å²) in [6, 6.07) is 1.26. The molecular formula is C14H27NO. The predicted molar refractivity (Wildman–Crippen MR) is 67.4 cm³/mol. The fourth-order valence-corrected chi connectivity index (χ4v) is 3.58. The number of rotatable bonds is 3. The van der Waals surface area contributed by atoms with Crippen LogP contribution in [0.1, 0.15) is 58.8 Å². The first-order valence-corrected chi connectivity index (χ1v) is 7.01. The molecule has 0 aliphatic heterocycles. The monoisotopic (exact) mass is 225 g/mol. The Balaban J connectivity index is 1.88. The molecule has 2 heteroatoms. The number of aliphatic hydroxyl groups excluding tert-OH is 1. The van der Waals surface area contributed by atoms with E-state index in [4.69, 9.17) is 0 Å². The third kappa shape index (κ3) is 2.60. The van der Waals surface area contributed by atoms with Gasteiger partial charge in [0.25, 0.3) is 0 Å². The summed E-state index contributed by atoms with van der Waals surface area (Å²) >= 11 is 0. The summed E-state index contributed by atoms with van der Waals surface area (Å²) in [6.07, 6.45) is 9.16. The minimum absolute atomic E-state index is 0.140. The molecule has 0 radical (unpaired) electrons. The maximum Gasteiger partial charge on any atom is 0.0499 e. The Labute approximate surface area is 99.8 Å². The standard InChI is InChI=1S/C14H27NO/c1-11-5-3-6-12(9-11)15-13-7-4-8-14(13,2)10-16/h11-13,15-16H,3-10H2,1-2H3. The smallest absolute Gasteiger partial charge is 0.0499 e. The first kappa shape index (κ1) is 12.4. The molecule has 2 saturated carbocycles. The van der Waals surface area contributed by atoms with E-state index in [1.165, 1.54) is 44.9 Å². The van der Waals surface area contributed by atoms with Crippen molar-refractivity contribution >= 4 is 0 Å². The van der Waals surface area contributed by atoms with Gasteiger partial charge >= 0.3 is 0 Å². The number of hydrogen-bond acceptors (Lipinski definition) is 2. The largest absolute Gasteiger partial charge is 0.396 e. The zero-order valence-corrected chi connectivity index (χ0v) is 10.8. The van der Waals surface area contributed by atoms with Crippen LogP contribution in [0.5, 0.6) is 0 Å². The SMILES string of the molecule is CC1CCCC(NC2CCCC2(C)CO)C1. The molecule has 94 valence electrons. The fraction of sp³-hybridized carbons (Fsp3) is 1.00. The summed E-state index contributed by atoms with van der Waals surface area (Å²) in [6.45, 7) is 4.95. The minimum Gasteiger partial charge on any atom is -0.396 e. The van der Waals surface area contributed by atoms with Gasteiger partial charge in [0, 0.05) is 24.1 Å². The highest BCUT2D eigenvalue weighted by Crippen LogP contribution is 2.38. The van der Waals surface area contributed by atoms with E-state index in [0.29, 0.717) is 18.7 Å². The number of nitrogens with one attached hydrogen (secondary N) is 1. The van der Waals surface area contributed by atoms with Crippen LogP contribution in [0.4, 0.5) is 0 Å². The van der Waals surface area contributed by atoms with E-state index >= 15 is 0 Å². The maximum absolute atomic E-state index is 9.54. The molecule has 2 N–H and O–H groups in total. The zero-order valence-electron chi connectivity index (χ0n) is 10.8. The van der Waals surface area contributed by atoms with Crippen molar-refractivity contribution in [3.8, 4) is 0 Å². The van der Waals surface area contributed by atoms with Crippen LogP contribution in [0, 0.1) is 11.3 Å². The molecular weight excluding hydrogens is 198 g/mol. The van der Waals surface area contributed by atoms with E-state index in [1.807, 2.05) is 0 Å². The molecule has 0 heterocycles. The van der Waals surface area contributed by atoms with Gasteiger partial charge in [-0.25, -0.2) is 0 Å². The van der Waals surface area contributed by atoms with Gasteiger partial charge in [0.05, 0.1) is 0 Å². The Kier molecular flexibility index (Phi) is 3.91. The molecule has 2 aliphatic rings. The lowest BCUT2D eigenvalue weighted by atomic mass is 9.82. The first-order valence-electron chi connectivity index (χ1n) is 7.01. The molecule has 0 amide bonds. The lowest BCUT2D eigenvalue weighted by Gasteiger charge is -2.36. The molecule has 4 atom stereocenters. The van der Waals surface area contributed by atoms with Crippen molar-refractivity contribution in [1.29, 1.82) is 0 Å². The van der Waals surface area contributed by atoms with Crippen LogP contribution in [0.2, 0.25) is 0 Å². The summed E-state index contributed by atoms with van der Waals surface area (Å²) in [4.78, 5) is 0. The fourth-order valence-electron chi connectivity index (χ4n) is 3.58. The van der Waals surface area contributed by atoms with Crippen molar-refractivity contribution in [2.24, 2.45) is 11.3 Å². The summed E-state index contributed by atoms with van der Waals surface area (Å²) in [5.74, 6) is 0.882. The normalized spacial score (nSPS) is 44.8. The van der Waals surface area contributed by atoms with Crippen LogP contribution >= 0.6 is 0 Å². The molecule has 0 bridgehead atoms. The van der Waals surface area contributed by atoms with E-state index in [2.05, 4.69) is 19.2 Å². The van der Waals surface area contributed by atoms with Crippen molar-refractivity contribution in [2.45, 2.75) is 70.9 Å². The molecule has 2 nitrogen and oxygen atoms in total. The first-order chi connectivity index (χ1) is 7.64. The highest BCUT2D eigenvalue weighted by atomic mass is 16.3. The molecule has 0 aromatic heterocycles. The van der Waals surface area contributed by atoms with Crippen LogP contribution in [-0.2, 0) is 0 Å². The van der Waals surface area contributed by atoms with Crippen molar-refractivity contribution in [1.82, 2.24) is 5.32 Å². The molecule has 16 heavy (non-hydrogen) atoms. The Morgan fingerprint density at radius 1 is 1.25 bits per heavy atom. The average molecular weight is 225 g/mol. The van der Waals surface area contributed by atoms with E-state index < -0.39 is 0 Å². The van der Waals surface area contributed by atoms with Gasteiger partial charge < -0.3 is 10.4 Å². The van der Waals surface area contributed by atoms with Crippen molar-refractivity contribution < 1.29 is 5.11 Å². The Hall–Kier alpha value is -0.0800. The third-order valence-electron chi connectivity index (χ3n) is 4.82. The summed E-state index contributed by atoms with van der Waals surface area (Å²) in [5.41, 5.74) is 0.140. The van der Waals surface area contributed by atoms with Gasteiger partial charge in [-0.3, -0.25) is 0 Å². The summed E-state index contributed by atoms with van der Waals surface area (Å²) in [5, 5.41) is 13.4. The van der Waals surface area contributed by atoms with Gasteiger partial charge in [-0.2, -0.15) is 0 Å². The highest BCUT2D eigenvalue weighted by Gasteiger charge is 2.39. The minimum atomic E-state index is 0.140. The molecule has 2 fully saturated rings. The highest BCUT2D eigenvalue weighted by molar-refractivity contribution is 4.95. The van der Waals surface area contributed by atoms with Crippen LogP contribution < -0.4 is 5.32 Å². The van der Waals surface area contributed by atoms with Crippen LogP contribution in [0.15, 0.2) is 0 Å². The van der Waals surface area contributed by atoms with Crippen LogP contribution in [0.3, 0.4) is 0 Å². The van der Waals surface area contributed by atoms with Gasteiger partial charge in [0.1, 0.15) is 0 Å². The van der Waals surface area contributed by atoms with E-state index in [9.17, 15) is 5.11 Å². The second-order valence-electron chi connectivity index (χ2n) is 6.39. The van der Waals surface area contributed by atoms with Crippen molar-refractivity contribution in [3.63, 3.8) is 0 Å². The molecule has 0 saturated heterocycles. The van der Waals surface area contributed by atoms with Crippen LogP contribution in [-0.4, -0.2) is 23.8 Å². The quantitative estimate of drug-likeness (QED) is 0.774. The lowest BCUT2D eigenvalue weighted by molar-refractivity contribution is 0.107. The Morgan fingerprint density at radius 3 is 2.75 bits per heavy atom. The second-order valence-corrected chi connectivity index (χ2v) is 6.39. The van der Waals surface area contributed by atoms with E-state index in [0.717, 1.165) is 5.92 Å². The summed E-state index contributed by atoms with van der Waals surface area (Å²) < 4.78 is 0. The molecule has 0 spiro atoms. The summed E-state index contributed by atoms with van der Waals surface area (Å²) in [7, 11) is 0. The average Bonchev–Trinajstić information content (AvgIpc) is 2.61. The molecule has 0 aromatic carbocycles. The Bertz CT molecular complexity index is 231. The number of hydrogen-bond donors (Lipinski definition) is 2. The molecule has 2 rings (SSSR count). The van der Waals surface area contributed by atoms with Gasteiger partial charge in [-0.05, 0) is 31.6 Å². The van der Waals surface area contributed by atoms with E-state index in [-0.39, 0.29) is 5.41 Å².